The molecule has 0 spiro atoms. The Morgan fingerprint density at radius 1 is 1.00 bits per heavy atom. The van der Waals surface area contributed by atoms with Crippen molar-refractivity contribution in [3.8, 4) is 11.4 Å². The molecule has 3 heterocycles. The summed E-state index contributed by atoms with van der Waals surface area (Å²) >= 11 is 0. The molecule has 1 saturated heterocycles. The lowest BCUT2D eigenvalue weighted by Gasteiger charge is -2.22. The van der Waals surface area contributed by atoms with E-state index in [0.29, 0.717) is 17.0 Å². The Balaban J connectivity index is 1.65. The summed E-state index contributed by atoms with van der Waals surface area (Å²) in [6.07, 6.45) is 2.29. The molecule has 0 saturated carbocycles. The molecule has 6 nitrogen and oxygen atoms in total. The molecule has 1 fully saturated rings. The van der Waals surface area contributed by atoms with Gasteiger partial charge in [-0.15, -0.1) is 15.3 Å². The number of fused-ring (bicyclic) bond motifs is 1. The van der Waals surface area contributed by atoms with Crippen molar-refractivity contribution in [2.75, 3.05) is 37.6 Å². The molecule has 26 heavy (non-hydrogen) atoms. The van der Waals surface area contributed by atoms with Crippen LogP contribution in [0.4, 0.5) is 10.2 Å². The van der Waals surface area contributed by atoms with Crippen LogP contribution in [-0.2, 0) is 0 Å². The molecule has 0 unspecified atom stereocenters. The molecule has 0 amide bonds. The van der Waals surface area contributed by atoms with E-state index in [1.807, 2.05) is 12.1 Å². The third-order valence-electron chi connectivity index (χ3n) is 4.82. The first-order valence-corrected chi connectivity index (χ1v) is 9.21. The van der Waals surface area contributed by atoms with E-state index in [9.17, 15) is 4.39 Å². The van der Waals surface area contributed by atoms with Crippen LogP contribution in [0.2, 0.25) is 0 Å². The van der Waals surface area contributed by atoms with Gasteiger partial charge in [0.15, 0.2) is 11.5 Å². The Morgan fingerprint density at radius 2 is 1.88 bits per heavy atom. The minimum Gasteiger partial charge on any atom is -0.354 e. The Bertz CT molecular complexity index is 893. The molecule has 3 aromatic rings. The Hall–Kier alpha value is -2.54. The van der Waals surface area contributed by atoms with Gasteiger partial charge in [0.25, 0.3) is 0 Å². The Labute approximate surface area is 152 Å². The number of anilines is 1. The average Bonchev–Trinajstić information content (AvgIpc) is 2.93. The van der Waals surface area contributed by atoms with E-state index in [1.54, 1.807) is 22.7 Å². The number of halogens is 1. The summed E-state index contributed by atoms with van der Waals surface area (Å²) in [5, 5.41) is 13.0. The monoisotopic (exact) mass is 354 g/mol. The first-order valence-electron chi connectivity index (χ1n) is 9.21. The van der Waals surface area contributed by atoms with Gasteiger partial charge >= 0.3 is 0 Å². The second kappa shape index (κ2) is 7.37. The summed E-state index contributed by atoms with van der Waals surface area (Å²) in [6, 6.07) is 10.5. The molecule has 0 aliphatic carbocycles. The molecule has 136 valence electrons. The van der Waals surface area contributed by atoms with Crippen LogP contribution >= 0.6 is 0 Å². The quantitative estimate of drug-likeness (QED) is 0.721. The maximum atomic E-state index is 14.2. The van der Waals surface area contributed by atoms with Gasteiger partial charge in [0.2, 0.25) is 0 Å². The molecule has 0 atom stereocenters. The van der Waals surface area contributed by atoms with Crippen LogP contribution in [0.3, 0.4) is 0 Å². The van der Waals surface area contributed by atoms with Crippen molar-refractivity contribution in [2.45, 2.75) is 19.8 Å². The highest BCUT2D eigenvalue weighted by atomic mass is 19.1. The smallest absolute Gasteiger partial charge is 0.188 e. The lowest BCUT2D eigenvalue weighted by atomic mass is 10.2. The number of hydrogen-bond donors (Lipinski definition) is 0. The molecule has 7 heteroatoms. The molecule has 0 bridgehead atoms. The van der Waals surface area contributed by atoms with Crippen LogP contribution in [0.1, 0.15) is 19.8 Å². The van der Waals surface area contributed by atoms with Gasteiger partial charge in [0, 0.05) is 19.6 Å². The summed E-state index contributed by atoms with van der Waals surface area (Å²) in [5.74, 6) is 0.995. The van der Waals surface area contributed by atoms with E-state index in [1.165, 1.54) is 12.5 Å². The molecule has 1 aliphatic heterocycles. The van der Waals surface area contributed by atoms with Crippen molar-refractivity contribution >= 4 is 11.5 Å². The van der Waals surface area contributed by atoms with Gasteiger partial charge in [-0.1, -0.05) is 19.1 Å². The Morgan fingerprint density at radius 3 is 2.73 bits per heavy atom. The zero-order valence-corrected chi connectivity index (χ0v) is 15.0. The first kappa shape index (κ1) is 16.9. The van der Waals surface area contributed by atoms with Gasteiger partial charge in [-0.3, -0.25) is 0 Å². The largest absolute Gasteiger partial charge is 0.354 e. The summed E-state index contributed by atoms with van der Waals surface area (Å²) < 4.78 is 15.8. The van der Waals surface area contributed by atoms with E-state index >= 15 is 0 Å². The minimum absolute atomic E-state index is 0.320. The van der Waals surface area contributed by atoms with Crippen molar-refractivity contribution < 1.29 is 4.39 Å². The fourth-order valence-corrected chi connectivity index (χ4v) is 3.50. The predicted molar refractivity (Wildman–Crippen MR) is 99.7 cm³/mol. The zero-order chi connectivity index (χ0) is 17.9. The highest BCUT2D eigenvalue weighted by Gasteiger charge is 2.18. The number of hydrogen-bond acceptors (Lipinski definition) is 5. The second-order valence-corrected chi connectivity index (χ2v) is 6.65. The summed E-state index contributed by atoms with van der Waals surface area (Å²) in [4.78, 5) is 4.79. The molecule has 0 radical (unpaired) electrons. The molecular formula is C19H23FN6. The van der Waals surface area contributed by atoms with Crippen LogP contribution in [0, 0.1) is 5.82 Å². The third kappa shape index (κ3) is 3.26. The van der Waals surface area contributed by atoms with Crippen LogP contribution in [0.25, 0.3) is 17.0 Å². The summed E-state index contributed by atoms with van der Waals surface area (Å²) in [6.45, 7) is 7.43. The van der Waals surface area contributed by atoms with Crippen molar-refractivity contribution in [1.82, 2.24) is 24.7 Å². The minimum atomic E-state index is -0.320. The molecular weight excluding hydrogens is 331 g/mol. The van der Waals surface area contributed by atoms with Gasteiger partial charge in [0.1, 0.15) is 11.6 Å². The van der Waals surface area contributed by atoms with E-state index in [-0.39, 0.29) is 5.82 Å². The van der Waals surface area contributed by atoms with Crippen molar-refractivity contribution in [1.29, 1.82) is 0 Å². The van der Waals surface area contributed by atoms with Crippen molar-refractivity contribution in [3.63, 3.8) is 0 Å². The normalized spacial score (nSPS) is 16.2. The standard InChI is InChI=1S/C19H23FN6/c1-2-10-24-11-5-12-25(14-13-24)18-9-8-17-21-22-19(26(17)23-18)15-6-3-4-7-16(15)20/h3-4,6-9H,2,5,10-14H2,1H3. The summed E-state index contributed by atoms with van der Waals surface area (Å²) in [7, 11) is 0. The number of nitrogens with zero attached hydrogens (tertiary/aromatic N) is 6. The molecule has 1 aromatic carbocycles. The van der Waals surface area contributed by atoms with E-state index in [2.05, 4.69) is 26.9 Å². The lowest BCUT2D eigenvalue weighted by molar-refractivity contribution is 0.294. The number of benzene rings is 1. The van der Waals surface area contributed by atoms with E-state index < -0.39 is 0 Å². The topological polar surface area (TPSA) is 49.6 Å². The highest BCUT2D eigenvalue weighted by Crippen LogP contribution is 2.22. The van der Waals surface area contributed by atoms with Gasteiger partial charge in [-0.05, 0) is 50.2 Å². The van der Waals surface area contributed by atoms with Gasteiger partial charge in [-0.25, -0.2) is 4.39 Å². The number of aromatic nitrogens is 4. The highest BCUT2D eigenvalue weighted by molar-refractivity contribution is 5.60. The van der Waals surface area contributed by atoms with Crippen LogP contribution in [-0.4, -0.2) is 57.4 Å². The van der Waals surface area contributed by atoms with Crippen molar-refractivity contribution in [2.24, 2.45) is 0 Å². The van der Waals surface area contributed by atoms with E-state index in [0.717, 1.165) is 45.0 Å². The number of rotatable bonds is 4. The van der Waals surface area contributed by atoms with Crippen LogP contribution in [0.5, 0.6) is 0 Å². The molecule has 4 rings (SSSR count). The fraction of sp³-hybridized carbons (Fsp3) is 0.421. The SMILES string of the molecule is CCCN1CCCN(c2ccc3nnc(-c4ccccc4F)n3n2)CC1. The average molecular weight is 354 g/mol. The maximum absolute atomic E-state index is 14.2. The van der Waals surface area contributed by atoms with Crippen molar-refractivity contribution in [3.05, 3.63) is 42.2 Å². The van der Waals surface area contributed by atoms with Gasteiger partial charge in [0.05, 0.1) is 5.56 Å². The maximum Gasteiger partial charge on any atom is 0.188 e. The zero-order valence-electron chi connectivity index (χ0n) is 15.0. The van der Waals surface area contributed by atoms with E-state index in [4.69, 9.17) is 5.10 Å². The van der Waals surface area contributed by atoms with Crippen LogP contribution in [0.15, 0.2) is 36.4 Å². The lowest BCUT2D eigenvalue weighted by Crippen LogP contribution is -2.31. The van der Waals surface area contributed by atoms with Gasteiger partial charge < -0.3 is 9.80 Å². The summed E-state index contributed by atoms with van der Waals surface area (Å²) in [5.41, 5.74) is 1.03. The molecule has 0 N–H and O–H groups in total. The van der Waals surface area contributed by atoms with Crippen LogP contribution < -0.4 is 4.90 Å². The Kier molecular flexibility index (Phi) is 4.79. The first-order chi connectivity index (χ1) is 12.8. The molecule has 2 aromatic heterocycles. The molecule has 1 aliphatic rings. The fourth-order valence-electron chi connectivity index (χ4n) is 3.50. The second-order valence-electron chi connectivity index (χ2n) is 6.65. The third-order valence-corrected chi connectivity index (χ3v) is 4.82. The van der Waals surface area contributed by atoms with Gasteiger partial charge in [-0.2, -0.15) is 4.52 Å². The predicted octanol–water partition coefficient (Wildman–Crippen LogP) is 2.85.